The first-order chi connectivity index (χ1) is 4.27. The fraction of sp³-hybridized carbons (Fsp3) is 0.714. The summed E-state index contributed by atoms with van der Waals surface area (Å²) < 4.78 is 5.20. The second-order valence-corrected chi connectivity index (χ2v) is 2.09. The SMILES string of the molecule is CC(C)OCC=CCN. The van der Waals surface area contributed by atoms with Gasteiger partial charge in [0.2, 0.25) is 0 Å². The van der Waals surface area contributed by atoms with Gasteiger partial charge in [-0.25, -0.2) is 0 Å². The van der Waals surface area contributed by atoms with E-state index in [0.29, 0.717) is 19.3 Å². The molecular weight excluding hydrogens is 114 g/mol. The number of hydrogen-bond donors (Lipinski definition) is 1. The smallest absolute Gasteiger partial charge is 0.0651 e. The van der Waals surface area contributed by atoms with Crippen molar-refractivity contribution in [3.05, 3.63) is 12.2 Å². The van der Waals surface area contributed by atoms with E-state index in [9.17, 15) is 0 Å². The molecule has 0 saturated heterocycles. The summed E-state index contributed by atoms with van der Waals surface area (Å²) in [5.74, 6) is 0. The predicted molar refractivity (Wildman–Crippen MR) is 39.3 cm³/mol. The van der Waals surface area contributed by atoms with E-state index in [0.717, 1.165) is 0 Å². The molecule has 0 bridgehead atoms. The third-order valence-corrected chi connectivity index (χ3v) is 0.829. The van der Waals surface area contributed by atoms with E-state index >= 15 is 0 Å². The molecule has 0 aliphatic heterocycles. The first kappa shape index (κ1) is 8.66. The summed E-state index contributed by atoms with van der Waals surface area (Å²) >= 11 is 0. The third kappa shape index (κ3) is 7.66. The Morgan fingerprint density at radius 2 is 2.11 bits per heavy atom. The van der Waals surface area contributed by atoms with Gasteiger partial charge in [0.05, 0.1) is 12.7 Å². The van der Waals surface area contributed by atoms with Crippen LogP contribution in [0.25, 0.3) is 0 Å². The van der Waals surface area contributed by atoms with Crippen LogP contribution in [0.4, 0.5) is 0 Å². The second kappa shape index (κ2) is 5.79. The number of hydrogen-bond acceptors (Lipinski definition) is 2. The summed E-state index contributed by atoms with van der Waals surface area (Å²) in [5, 5.41) is 0. The molecule has 0 aliphatic rings. The van der Waals surface area contributed by atoms with Crippen LogP contribution in [0.5, 0.6) is 0 Å². The van der Waals surface area contributed by atoms with Crippen LogP contribution in [0.2, 0.25) is 0 Å². The van der Waals surface area contributed by atoms with Crippen molar-refractivity contribution < 1.29 is 4.74 Å². The van der Waals surface area contributed by atoms with Crippen molar-refractivity contribution >= 4 is 0 Å². The Labute approximate surface area is 56.7 Å². The van der Waals surface area contributed by atoms with Gasteiger partial charge in [0.25, 0.3) is 0 Å². The minimum Gasteiger partial charge on any atom is -0.375 e. The van der Waals surface area contributed by atoms with Gasteiger partial charge in [0.15, 0.2) is 0 Å². The lowest BCUT2D eigenvalue weighted by Crippen LogP contribution is -2.02. The third-order valence-electron chi connectivity index (χ3n) is 0.829. The fourth-order valence-corrected chi connectivity index (χ4v) is 0.412. The van der Waals surface area contributed by atoms with Crippen LogP contribution in [0, 0.1) is 0 Å². The maximum Gasteiger partial charge on any atom is 0.0651 e. The first-order valence-electron chi connectivity index (χ1n) is 3.24. The lowest BCUT2D eigenvalue weighted by molar-refractivity contribution is 0.102. The molecule has 0 atom stereocenters. The predicted octanol–water partition coefficient (Wildman–Crippen LogP) is 0.926. The van der Waals surface area contributed by atoms with Crippen LogP contribution in [0.1, 0.15) is 13.8 Å². The molecule has 0 fully saturated rings. The van der Waals surface area contributed by atoms with Gasteiger partial charge in [-0.05, 0) is 13.8 Å². The van der Waals surface area contributed by atoms with Crippen LogP contribution < -0.4 is 5.73 Å². The molecule has 0 radical (unpaired) electrons. The normalized spacial score (nSPS) is 11.6. The molecule has 0 amide bonds. The molecule has 0 unspecified atom stereocenters. The van der Waals surface area contributed by atoms with Crippen molar-refractivity contribution in [1.82, 2.24) is 0 Å². The highest BCUT2D eigenvalue weighted by molar-refractivity contribution is 4.81. The molecule has 0 spiro atoms. The van der Waals surface area contributed by atoms with Crippen molar-refractivity contribution in [3.63, 3.8) is 0 Å². The molecular formula is C7H15NO. The zero-order valence-electron chi connectivity index (χ0n) is 6.13. The van der Waals surface area contributed by atoms with Crippen LogP contribution in [0.3, 0.4) is 0 Å². The summed E-state index contributed by atoms with van der Waals surface area (Å²) in [6.07, 6.45) is 4.13. The van der Waals surface area contributed by atoms with Crippen LogP contribution in [-0.2, 0) is 4.74 Å². The quantitative estimate of drug-likeness (QED) is 0.573. The number of ether oxygens (including phenoxy) is 1. The molecule has 0 rings (SSSR count). The van der Waals surface area contributed by atoms with Crippen LogP contribution in [-0.4, -0.2) is 19.3 Å². The molecule has 0 aromatic rings. The molecule has 0 aromatic carbocycles. The topological polar surface area (TPSA) is 35.2 Å². The van der Waals surface area contributed by atoms with Gasteiger partial charge in [-0.2, -0.15) is 0 Å². The Hall–Kier alpha value is -0.340. The maximum absolute atomic E-state index is 5.20. The zero-order valence-corrected chi connectivity index (χ0v) is 6.13. The lowest BCUT2D eigenvalue weighted by atomic mass is 10.4. The van der Waals surface area contributed by atoms with Crippen molar-refractivity contribution in [2.45, 2.75) is 20.0 Å². The Balaban J connectivity index is 2.99. The van der Waals surface area contributed by atoms with Crippen molar-refractivity contribution in [1.29, 1.82) is 0 Å². The zero-order chi connectivity index (χ0) is 7.11. The van der Waals surface area contributed by atoms with Gasteiger partial charge < -0.3 is 10.5 Å². The monoisotopic (exact) mass is 129 g/mol. The summed E-state index contributed by atoms with van der Waals surface area (Å²) in [6.45, 7) is 5.29. The van der Waals surface area contributed by atoms with Gasteiger partial charge in [-0.1, -0.05) is 12.2 Å². The average Bonchev–Trinajstić information content (AvgIpc) is 1.80. The summed E-state index contributed by atoms with van der Waals surface area (Å²) in [6, 6.07) is 0. The molecule has 0 saturated carbocycles. The molecule has 9 heavy (non-hydrogen) atoms. The van der Waals surface area contributed by atoms with Gasteiger partial charge >= 0.3 is 0 Å². The van der Waals surface area contributed by atoms with E-state index in [2.05, 4.69) is 0 Å². The maximum atomic E-state index is 5.20. The van der Waals surface area contributed by atoms with Gasteiger partial charge in [-0.3, -0.25) is 0 Å². The van der Waals surface area contributed by atoms with Gasteiger partial charge in [-0.15, -0.1) is 0 Å². The Morgan fingerprint density at radius 3 is 2.56 bits per heavy atom. The lowest BCUT2D eigenvalue weighted by Gasteiger charge is -2.02. The largest absolute Gasteiger partial charge is 0.375 e. The second-order valence-electron chi connectivity index (χ2n) is 2.09. The van der Waals surface area contributed by atoms with E-state index in [1.54, 1.807) is 0 Å². The average molecular weight is 129 g/mol. The van der Waals surface area contributed by atoms with Crippen molar-refractivity contribution in [3.8, 4) is 0 Å². The van der Waals surface area contributed by atoms with Crippen molar-refractivity contribution in [2.24, 2.45) is 5.73 Å². The Kier molecular flexibility index (Phi) is 5.57. The van der Waals surface area contributed by atoms with Gasteiger partial charge in [0.1, 0.15) is 0 Å². The minimum absolute atomic E-state index is 0.312. The highest BCUT2D eigenvalue weighted by Crippen LogP contribution is 1.86. The highest BCUT2D eigenvalue weighted by Gasteiger charge is 1.86. The molecule has 0 aromatic heterocycles. The summed E-state index contributed by atoms with van der Waals surface area (Å²) in [5.41, 5.74) is 5.20. The van der Waals surface area contributed by atoms with Crippen molar-refractivity contribution in [2.75, 3.05) is 13.2 Å². The van der Waals surface area contributed by atoms with E-state index in [1.165, 1.54) is 0 Å². The minimum atomic E-state index is 0.312. The van der Waals surface area contributed by atoms with Crippen LogP contribution in [0.15, 0.2) is 12.2 Å². The molecule has 2 nitrogen and oxygen atoms in total. The molecule has 2 heteroatoms. The molecule has 0 aliphatic carbocycles. The first-order valence-corrected chi connectivity index (χ1v) is 3.24. The highest BCUT2D eigenvalue weighted by atomic mass is 16.5. The van der Waals surface area contributed by atoms with E-state index in [-0.39, 0.29) is 0 Å². The molecule has 2 N–H and O–H groups in total. The van der Waals surface area contributed by atoms with Gasteiger partial charge in [0, 0.05) is 6.54 Å². The Morgan fingerprint density at radius 1 is 1.44 bits per heavy atom. The molecule has 0 heterocycles. The number of nitrogens with two attached hydrogens (primary N) is 1. The molecule has 54 valence electrons. The standard InChI is InChI=1S/C7H15NO/c1-7(2)9-6-4-3-5-8/h3-4,7H,5-6,8H2,1-2H3. The van der Waals surface area contributed by atoms with E-state index in [1.807, 2.05) is 26.0 Å². The Bertz CT molecular complexity index is 79.0. The number of rotatable bonds is 4. The fourth-order valence-electron chi connectivity index (χ4n) is 0.412. The van der Waals surface area contributed by atoms with E-state index < -0.39 is 0 Å². The summed E-state index contributed by atoms with van der Waals surface area (Å²) in [4.78, 5) is 0. The summed E-state index contributed by atoms with van der Waals surface area (Å²) in [7, 11) is 0. The van der Waals surface area contributed by atoms with Crippen LogP contribution >= 0.6 is 0 Å². The van der Waals surface area contributed by atoms with E-state index in [4.69, 9.17) is 10.5 Å².